The van der Waals surface area contributed by atoms with Crippen molar-refractivity contribution in [2.45, 2.75) is 22.6 Å². The zero-order valence-corrected chi connectivity index (χ0v) is 21.1. The number of nitrogens with zero attached hydrogens (tertiary/aromatic N) is 3. The number of piperidine rings is 1. The first-order valence-corrected chi connectivity index (χ1v) is 14.6. The van der Waals surface area contributed by atoms with Gasteiger partial charge in [-0.25, -0.2) is 16.8 Å². The van der Waals surface area contributed by atoms with Crippen molar-refractivity contribution in [1.29, 1.82) is 0 Å². The standard InChI is InChI=1S/C21H22ClN3O5S3/c1-24-18-7-6-15(22)12-19(18)31-21(24)23-20(26)14-8-10-25(11-9-14)33(29,30)17-5-3-4-16(13-17)32(2,27)28/h3-7,12-14H,8-11H2,1-2H3. The van der Waals surface area contributed by atoms with E-state index in [1.165, 1.54) is 39.9 Å². The molecule has 2 aromatic carbocycles. The van der Waals surface area contributed by atoms with Gasteiger partial charge in [-0.15, -0.1) is 0 Å². The number of hydrogen-bond acceptors (Lipinski definition) is 6. The van der Waals surface area contributed by atoms with Crippen LogP contribution in [0.2, 0.25) is 5.02 Å². The average molecular weight is 528 g/mol. The predicted molar refractivity (Wildman–Crippen MR) is 127 cm³/mol. The Bertz CT molecular complexity index is 1520. The molecule has 4 rings (SSSR count). The minimum atomic E-state index is -3.87. The molecule has 0 aliphatic carbocycles. The average Bonchev–Trinajstić information content (AvgIpc) is 3.07. The van der Waals surface area contributed by atoms with E-state index in [0.29, 0.717) is 22.7 Å². The van der Waals surface area contributed by atoms with E-state index in [0.717, 1.165) is 16.5 Å². The van der Waals surface area contributed by atoms with Gasteiger partial charge in [-0.3, -0.25) is 4.79 Å². The van der Waals surface area contributed by atoms with Crippen molar-refractivity contribution >= 4 is 58.9 Å². The molecule has 0 spiro atoms. The SMILES string of the molecule is Cn1c(=NC(=O)C2CCN(S(=O)(=O)c3cccc(S(C)(=O)=O)c3)CC2)sc2cc(Cl)ccc21. The number of carbonyl (C=O) groups is 1. The molecule has 0 bridgehead atoms. The van der Waals surface area contributed by atoms with Crippen LogP contribution in [-0.4, -0.2) is 51.0 Å². The molecule has 1 aliphatic heterocycles. The smallest absolute Gasteiger partial charge is 0.251 e. The first-order chi connectivity index (χ1) is 15.5. The lowest BCUT2D eigenvalue weighted by molar-refractivity contribution is -0.122. The van der Waals surface area contributed by atoms with Crippen LogP contribution in [0.4, 0.5) is 0 Å². The Morgan fingerprint density at radius 2 is 1.73 bits per heavy atom. The van der Waals surface area contributed by atoms with Gasteiger partial charge in [0.15, 0.2) is 14.6 Å². The van der Waals surface area contributed by atoms with Gasteiger partial charge in [0.2, 0.25) is 10.0 Å². The quantitative estimate of drug-likeness (QED) is 0.518. The molecule has 33 heavy (non-hydrogen) atoms. The highest BCUT2D eigenvalue weighted by atomic mass is 35.5. The maximum absolute atomic E-state index is 13.0. The minimum Gasteiger partial charge on any atom is -0.319 e. The van der Waals surface area contributed by atoms with Gasteiger partial charge in [-0.05, 0) is 49.2 Å². The molecule has 8 nitrogen and oxygen atoms in total. The van der Waals surface area contributed by atoms with Crippen LogP contribution in [0.3, 0.4) is 0 Å². The molecule has 3 aromatic rings. The zero-order chi connectivity index (χ0) is 24.0. The number of amides is 1. The topological polar surface area (TPSA) is 106 Å². The largest absolute Gasteiger partial charge is 0.319 e. The Morgan fingerprint density at radius 3 is 2.39 bits per heavy atom. The summed E-state index contributed by atoms with van der Waals surface area (Å²) in [5.74, 6) is -0.660. The third-order valence-corrected chi connectivity index (χ3v) is 9.99. The number of carbonyl (C=O) groups excluding carboxylic acids is 1. The van der Waals surface area contributed by atoms with Crippen LogP contribution in [0.25, 0.3) is 10.2 Å². The highest BCUT2D eigenvalue weighted by Crippen LogP contribution is 2.26. The lowest BCUT2D eigenvalue weighted by Gasteiger charge is -2.29. The van der Waals surface area contributed by atoms with Crippen molar-refractivity contribution in [3.63, 3.8) is 0 Å². The lowest BCUT2D eigenvalue weighted by Crippen LogP contribution is -2.40. The molecule has 1 fully saturated rings. The second kappa shape index (κ2) is 8.95. The Balaban J connectivity index is 1.50. The number of sulfone groups is 1. The number of hydrogen-bond donors (Lipinski definition) is 0. The Hall–Kier alpha value is -2.05. The molecule has 0 atom stereocenters. The molecule has 0 unspecified atom stereocenters. The summed E-state index contributed by atoms with van der Waals surface area (Å²) in [7, 11) is -5.57. The van der Waals surface area contributed by atoms with Gasteiger partial charge in [0.05, 0.1) is 20.0 Å². The van der Waals surface area contributed by atoms with Crippen LogP contribution < -0.4 is 4.80 Å². The summed E-state index contributed by atoms with van der Waals surface area (Å²) in [5, 5.41) is 0.609. The van der Waals surface area contributed by atoms with Crippen LogP contribution in [0.15, 0.2) is 57.2 Å². The highest BCUT2D eigenvalue weighted by Gasteiger charge is 2.32. The molecule has 1 saturated heterocycles. The molecule has 1 amide bonds. The minimum absolute atomic E-state index is 0.0510. The van der Waals surface area contributed by atoms with E-state index < -0.39 is 19.9 Å². The van der Waals surface area contributed by atoms with Gasteiger partial charge >= 0.3 is 0 Å². The third kappa shape index (κ3) is 4.92. The summed E-state index contributed by atoms with van der Waals surface area (Å²) in [6.07, 6.45) is 1.71. The van der Waals surface area contributed by atoms with Crippen molar-refractivity contribution in [3.8, 4) is 0 Å². The number of rotatable bonds is 4. The predicted octanol–water partition coefficient (Wildman–Crippen LogP) is 2.82. The van der Waals surface area contributed by atoms with E-state index in [1.807, 2.05) is 23.7 Å². The van der Waals surface area contributed by atoms with Gasteiger partial charge in [0.25, 0.3) is 5.91 Å². The van der Waals surface area contributed by atoms with Crippen LogP contribution in [-0.2, 0) is 31.7 Å². The number of thiazole rings is 1. The van der Waals surface area contributed by atoms with Crippen LogP contribution >= 0.6 is 22.9 Å². The number of sulfonamides is 1. The Morgan fingerprint density at radius 1 is 1.06 bits per heavy atom. The highest BCUT2D eigenvalue weighted by molar-refractivity contribution is 7.91. The van der Waals surface area contributed by atoms with Crippen molar-refractivity contribution in [2.24, 2.45) is 18.0 Å². The molecule has 12 heteroatoms. The van der Waals surface area contributed by atoms with Gasteiger partial charge in [-0.1, -0.05) is 29.0 Å². The normalized spacial score (nSPS) is 17.0. The monoisotopic (exact) mass is 527 g/mol. The summed E-state index contributed by atoms with van der Waals surface area (Å²) < 4.78 is 53.7. The van der Waals surface area contributed by atoms with Gasteiger partial charge in [0, 0.05) is 37.3 Å². The van der Waals surface area contributed by atoms with Crippen LogP contribution in [0.1, 0.15) is 12.8 Å². The second-order valence-electron chi connectivity index (χ2n) is 7.93. The van der Waals surface area contributed by atoms with Crippen molar-refractivity contribution < 1.29 is 21.6 Å². The molecular weight excluding hydrogens is 506 g/mol. The van der Waals surface area contributed by atoms with E-state index in [9.17, 15) is 21.6 Å². The Labute approximate surface area is 201 Å². The van der Waals surface area contributed by atoms with Crippen LogP contribution in [0.5, 0.6) is 0 Å². The van der Waals surface area contributed by atoms with Gasteiger partial charge < -0.3 is 4.57 Å². The van der Waals surface area contributed by atoms with Crippen molar-refractivity contribution in [2.75, 3.05) is 19.3 Å². The van der Waals surface area contributed by atoms with E-state index in [1.54, 1.807) is 6.07 Å². The number of aromatic nitrogens is 1. The number of benzene rings is 2. The summed E-state index contributed by atoms with van der Waals surface area (Å²) in [6, 6.07) is 10.8. The Kier molecular flexibility index (Phi) is 6.53. The zero-order valence-electron chi connectivity index (χ0n) is 17.9. The fourth-order valence-corrected chi connectivity index (χ4v) is 7.31. The molecule has 176 valence electrons. The third-order valence-electron chi connectivity index (χ3n) is 5.65. The molecule has 2 heterocycles. The lowest BCUT2D eigenvalue weighted by atomic mass is 9.98. The number of fused-ring (bicyclic) bond motifs is 1. The van der Waals surface area contributed by atoms with Crippen LogP contribution in [0, 0.1) is 5.92 Å². The summed E-state index contributed by atoms with van der Waals surface area (Å²) in [5.41, 5.74) is 0.924. The van der Waals surface area contributed by atoms with Gasteiger partial charge in [0.1, 0.15) is 0 Å². The summed E-state index contributed by atoms with van der Waals surface area (Å²) >= 11 is 7.42. The van der Waals surface area contributed by atoms with Gasteiger partial charge in [-0.2, -0.15) is 9.30 Å². The van der Waals surface area contributed by atoms with Crippen molar-refractivity contribution in [1.82, 2.24) is 8.87 Å². The van der Waals surface area contributed by atoms with E-state index in [-0.39, 0.29) is 34.7 Å². The number of aryl methyl sites for hydroxylation is 1. The fraction of sp³-hybridized carbons (Fsp3) is 0.333. The molecule has 0 saturated carbocycles. The molecule has 0 N–H and O–H groups in total. The van der Waals surface area contributed by atoms with E-state index in [2.05, 4.69) is 4.99 Å². The fourth-order valence-electron chi connectivity index (χ4n) is 3.76. The summed E-state index contributed by atoms with van der Waals surface area (Å²) in [4.78, 5) is 17.5. The molecule has 0 radical (unpaired) electrons. The maximum atomic E-state index is 13.0. The first-order valence-electron chi connectivity index (χ1n) is 10.1. The second-order valence-corrected chi connectivity index (χ2v) is 13.3. The maximum Gasteiger partial charge on any atom is 0.251 e. The van der Waals surface area contributed by atoms with Crippen molar-refractivity contribution in [3.05, 3.63) is 52.3 Å². The number of halogens is 1. The van der Waals surface area contributed by atoms with E-state index >= 15 is 0 Å². The molecular formula is C21H22ClN3O5S3. The molecule has 1 aliphatic rings. The molecule has 1 aromatic heterocycles. The first kappa shape index (κ1) is 24.1. The summed E-state index contributed by atoms with van der Waals surface area (Å²) in [6.45, 7) is 0.316. The van der Waals surface area contributed by atoms with E-state index in [4.69, 9.17) is 11.6 Å².